The van der Waals surface area contributed by atoms with Crippen LogP contribution in [0.4, 0.5) is 0 Å². The van der Waals surface area contributed by atoms with Crippen LogP contribution in [-0.4, -0.2) is 22.7 Å². The molecule has 2 nitrogen and oxygen atoms in total. The van der Waals surface area contributed by atoms with E-state index >= 15 is 0 Å². The number of hydrogen-bond donors (Lipinski definition) is 0. The van der Waals surface area contributed by atoms with Gasteiger partial charge >= 0.3 is 0 Å². The number of hydrogen-bond acceptors (Lipinski definition) is 2. The van der Waals surface area contributed by atoms with Crippen molar-refractivity contribution in [3.63, 3.8) is 0 Å². The Hall–Kier alpha value is -0.846. The molecule has 1 fully saturated rings. The van der Waals surface area contributed by atoms with E-state index in [4.69, 9.17) is 8.85 Å². The molecule has 4 atom stereocenters. The van der Waals surface area contributed by atoms with Crippen LogP contribution < -0.4 is 0 Å². The van der Waals surface area contributed by atoms with E-state index in [2.05, 4.69) is 70.5 Å². The Bertz CT molecular complexity index is 775. The zero-order valence-electron chi connectivity index (χ0n) is 18.9. The summed E-state index contributed by atoms with van der Waals surface area (Å²) in [5.74, 6) is 2.57. The van der Waals surface area contributed by atoms with Crippen LogP contribution in [-0.2, 0) is 8.85 Å². The van der Waals surface area contributed by atoms with Gasteiger partial charge in [-0.1, -0.05) is 19.1 Å². The second-order valence-corrected chi connectivity index (χ2v) is 20.3. The Morgan fingerprint density at radius 3 is 2.43 bits per heavy atom. The van der Waals surface area contributed by atoms with E-state index in [1.165, 1.54) is 31.3 Å². The standard InChI is InChI=1S/C24H38O2Si2/c1-24-15-14-20-19-11-9-18(25-27(2,3)4)16-17(19)8-10-21(20)22(24)12-13-23(24)26-28(5,6)7/h9,14-16,21-23H,8,10-13H2,1-7H3/t21?,22?,23-,24-/m0/s1. The van der Waals surface area contributed by atoms with Gasteiger partial charge in [0.25, 0.3) is 0 Å². The first-order chi connectivity index (χ1) is 13.0. The van der Waals surface area contributed by atoms with Crippen LogP contribution in [0.25, 0.3) is 0 Å². The fourth-order valence-corrected chi connectivity index (χ4v) is 7.95. The molecule has 4 heteroatoms. The van der Waals surface area contributed by atoms with Gasteiger partial charge in [0.1, 0.15) is 0 Å². The van der Waals surface area contributed by atoms with Crippen LogP contribution in [0, 0.1) is 17.3 Å². The molecular formula is C24H38O2Si2. The van der Waals surface area contributed by atoms with Gasteiger partial charge in [-0.05, 0) is 112 Å². The highest BCUT2D eigenvalue weighted by molar-refractivity contribution is 6.70. The van der Waals surface area contributed by atoms with E-state index in [0.717, 1.165) is 18.1 Å². The summed E-state index contributed by atoms with van der Waals surface area (Å²) in [6.07, 6.45) is 16.1. The largest absolute Gasteiger partial charge is 0.545 e. The second kappa shape index (κ2) is 6.85. The molecule has 2 unspecified atom stereocenters. The van der Waals surface area contributed by atoms with Gasteiger partial charge in [-0.2, -0.15) is 0 Å². The van der Waals surface area contributed by atoms with E-state index in [0.29, 0.717) is 12.0 Å². The van der Waals surface area contributed by atoms with E-state index in [-0.39, 0.29) is 5.41 Å². The first-order valence-corrected chi connectivity index (χ1v) is 18.0. The molecule has 28 heavy (non-hydrogen) atoms. The summed E-state index contributed by atoms with van der Waals surface area (Å²) in [4.78, 5) is 0. The summed E-state index contributed by atoms with van der Waals surface area (Å²) < 4.78 is 12.9. The van der Waals surface area contributed by atoms with E-state index in [9.17, 15) is 0 Å². The lowest BCUT2D eigenvalue weighted by molar-refractivity contribution is 0.0723. The van der Waals surface area contributed by atoms with Crippen LogP contribution in [0.3, 0.4) is 0 Å². The third kappa shape index (κ3) is 3.80. The highest BCUT2D eigenvalue weighted by Crippen LogP contribution is 2.58. The van der Waals surface area contributed by atoms with Crippen molar-refractivity contribution < 1.29 is 8.85 Å². The molecule has 1 saturated carbocycles. The first-order valence-electron chi connectivity index (χ1n) is 11.2. The first kappa shape index (κ1) is 20.4. The van der Waals surface area contributed by atoms with Crippen LogP contribution in [0.2, 0.25) is 39.3 Å². The van der Waals surface area contributed by atoms with Crippen molar-refractivity contribution in [2.24, 2.45) is 17.3 Å². The molecule has 0 bridgehead atoms. The molecule has 0 aromatic rings. The average molecular weight is 415 g/mol. The van der Waals surface area contributed by atoms with Gasteiger partial charge in [-0.15, -0.1) is 0 Å². The monoisotopic (exact) mass is 414 g/mol. The average Bonchev–Trinajstić information content (AvgIpc) is 2.88. The summed E-state index contributed by atoms with van der Waals surface area (Å²) in [5.41, 5.74) is 4.96. The van der Waals surface area contributed by atoms with Crippen LogP contribution in [0.15, 0.2) is 46.8 Å². The maximum atomic E-state index is 6.66. The summed E-state index contributed by atoms with van der Waals surface area (Å²) in [7, 11) is -3.06. The Kier molecular flexibility index (Phi) is 5.00. The number of allylic oxidation sites excluding steroid dienone is 6. The van der Waals surface area contributed by atoms with Gasteiger partial charge in [0.2, 0.25) is 8.32 Å². The van der Waals surface area contributed by atoms with E-state index in [1.54, 1.807) is 11.1 Å². The number of rotatable bonds is 4. The Balaban J connectivity index is 1.62. The highest BCUT2D eigenvalue weighted by atomic mass is 28.4. The van der Waals surface area contributed by atoms with Crippen molar-refractivity contribution in [2.45, 2.75) is 84.4 Å². The van der Waals surface area contributed by atoms with E-state index < -0.39 is 16.6 Å². The van der Waals surface area contributed by atoms with E-state index in [1.807, 2.05) is 0 Å². The Morgan fingerprint density at radius 2 is 1.75 bits per heavy atom. The lowest BCUT2D eigenvalue weighted by Gasteiger charge is -2.46. The molecule has 0 N–H and O–H groups in total. The van der Waals surface area contributed by atoms with Gasteiger partial charge in [0.15, 0.2) is 8.32 Å². The molecule has 0 heterocycles. The predicted octanol–water partition coefficient (Wildman–Crippen LogP) is 6.96. The molecule has 0 saturated heterocycles. The Labute approximate surface area is 174 Å². The van der Waals surface area contributed by atoms with Crippen molar-refractivity contribution in [3.05, 3.63) is 46.8 Å². The summed E-state index contributed by atoms with van der Waals surface area (Å²) >= 11 is 0. The molecular weight excluding hydrogens is 376 g/mol. The topological polar surface area (TPSA) is 18.5 Å². The van der Waals surface area contributed by atoms with Gasteiger partial charge < -0.3 is 8.85 Å². The smallest absolute Gasteiger partial charge is 0.242 e. The van der Waals surface area contributed by atoms with Crippen molar-refractivity contribution >= 4 is 16.6 Å². The Morgan fingerprint density at radius 1 is 1.00 bits per heavy atom. The fourth-order valence-electron chi connectivity index (χ4n) is 5.87. The van der Waals surface area contributed by atoms with Crippen LogP contribution in [0.5, 0.6) is 0 Å². The molecule has 4 aliphatic carbocycles. The zero-order valence-corrected chi connectivity index (χ0v) is 20.9. The third-order valence-electron chi connectivity index (χ3n) is 6.94. The fraction of sp³-hybridized carbons (Fsp3) is 0.667. The molecule has 4 aliphatic rings. The van der Waals surface area contributed by atoms with Gasteiger partial charge in [0, 0.05) is 5.41 Å². The maximum absolute atomic E-state index is 6.66. The summed E-state index contributed by atoms with van der Waals surface area (Å²) in [6, 6.07) is 0. The molecule has 0 amide bonds. The van der Waals surface area contributed by atoms with Gasteiger partial charge in [-0.25, -0.2) is 0 Å². The van der Waals surface area contributed by atoms with Crippen molar-refractivity contribution in [1.29, 1.82) is 0 Å². The zero-order chi connectivity index (χ0) is 20.3. The van der Waals surface area contributed by atoms with Crippen molar-refractivity contribution in [3.8, 4) is 0 Å². The molecule has 0 spiro atoms. The van der Waals surface area contributed by atoms with Gasteiger partial charge in [0.05, 0.1) is 11.9 Å². The van der Waals surface area contributed by atoms with Crippen molar-refractivity contribution in [1.82, 2.24) is 0 Å². The molecule has 0 aromatic heterocycles. The second-order valence-electron chi connectivity index (χ2n) is 11.4. The molecule has 4 rings (SSSR count). The minimum atomic E-state index is -1.54. The van der Waals surface area contributed by atoms with Crippen LogP contribution in [0.1, 0.15) is 39.0 Å². The van der Waals surface area contributed by atoms with Gasteiger partial charge in [-0.3, -0.25) is 0 Å². The molecule has 0 aromatic carbocycles. The summed E-state index contributed by atoms with van der Waals surface area (Å²) in [6.45, 7) is 16.3. The minimum Gasteiger partial charge on any atom is -0.545 e. The molecule has 0 aliphatic heterocycles. The molecule has 0 radical (unpaired) electrons. The predicted molar refractivity (Wildman–Crippen MR) is 123 cm³/mol. The number of fused-ring (bicyclic) bond motifs is 4. The quantitative estimate of drug-likeness (QED) is 0.463. The maximum Gasteiger partial charge on any atom is 0.242 e. The lowest BCUT2D eigenvalue weighted by atomic mass is 9.61. The van der Waals surface area contributed by atoms with Crippen LogP contribution >= 0.6 is 0 Å². The normalized spacial score (nSPS) is 35.0. The minimum absolute atomic E-state index is 0.215. The SMILES string of the molecule is C[C@]12C=CC3=C4CC=C(O[Si](C)(C)C)C=C4CCC3C1CC[C@@H]2O[Si](C)(C)C. The highest BCUT2D eigenvalue weighted by Gasteiger charge is 2.52. The van der Waals surface area contributed by atoms with Crippen molar-refractivity contribution in [2.75, 3.05) is 0 Å². The summed E-state index contributed by atoms with van der Waals surface area (Å²) in [5, 5.41) is 0. The molecule has 154 valence electrons. The lowest BCUT2D eigenvalue weighted by Crippen LogP contribution is -2.44. The third-order valence-corrected chi connectivity index (χ3v) is 8.78.